The smallest absolute Gasteiger partial charge is 0.311 e. The fourth-order valence-corrected chi connectivity index (χ4v) is 2.87. The monoisotopic (exact) mass is 247 g/mol. The van der Waals surface area contributed by atoms with Crippen LogP contribution in [0, 0.1) is 5.92 Å². The van der Waals surface area contributed by atoms with E-state index in [4.69, 9.17) is 0 Å². The van der Waals surface area contributed by atoms with E-state index in [1.807, 2.05) is 0 Å². The summed E-state index contributed by atoms with van der Waals surface area (Å²) in [6.45, 7) is 0. The standard InChI is InChI=1S/C13H20F3N/c14-13(15,16)10-6-8-12(9-7-10)17-11-4-2-1-3-5-11/h1-2,10-12,17H,3-9H2. The van der Waals surface area contributed by atoms with E-state index in [1.165, 1.54) is 0 Å². The van der Waals surface area contributed by atoms with E-state index in [0.29, 0.717) is 37.8 Å². The number of hydrogen-bond acceptors (Lipinski definition) is 1. The number of nitrogens with one attached hydrogen (secondary N) is 1. The summed E-state index contributed by atoms with van der Waals surface area (Å²) in [7, 11) is 0. The third kappa shape index (κ3) is 3.73. The largest absolute Gasteiger partial charge is 0.391 e. The summed E-state index contributed by atoms with van der Waals surface area (Å²) in [5.41, 5.74) is 0. The van der Waals surface area contributed by atoms with Crippen LogP contribution < -0.4 is 5.32 Å². The molecule has 2 rings (SSSR count). The van der Waals surface area contributed by atoms with Crippen LogP contribution in [-0.2, 0) is 0 Å². The summed E-state index contributed by atoms with van der Waals surface area (Å²) in [4.78, 5) is 0. The number of allylic oxidation sites excluding steroid dienone is 1. The van der Waals surface area contributed by atoms with Crippen LogP contribution in [0.4, 0.5) is 13.2 Å². The van der Waals surface area contributed by atoms with Crippen molar-refractivity contribution in [1.29, 1.82) is 0 Å². The van der Waals surface area contributed by atoms with Crippen molar-refractivity contribution >= 4 is 0 Å². The fourth-order valence-electron chi connectivity index (χ4n) is 2.87. The first-order valence-electron chi connectivity index (χ1n) is 6.53. The van der Waals surface area contributed by atoms with E-state index in [-0.39, 0.29) is 0 Å². The first-order chi connectivity index (χ1) is 8.05. The third-order valence-corrected chi connectivity index (χ3v) is 3.93. The molecule has 1 saturated carbocycles. The number of alkyl halides is 3. The maximum atomic E-state index is 12.5. The van der Waals surface area contributed by atoms with E-state index < -0.39 is 12.1 Å². The second-order valence-corrected chi connectivity index (χ2v) is 5.24. The van der Waals surface area contributed by atoms with Crippen LogP contribution in [0.15, 0.2) is 12.2 Å². The lowest BCUT2D eigenvalue weighted by Gasteiger charge is -2.33. The van der Waals surface area contributed by atoms with Gasteiger partial charge in [0, 0.05) is 12.1 Å². The van der Waals surface area contributed by atoms with Gasteiger partial charge in [-0.3, -0.25) is 0 Å². The van der Waals surface area contributed by atoms with Crippen LogP contribution in [0.2, 0.25) is 0 Å². The topological polar surface area (TPSA) is 12.0 Å². The maximum absolute atomic E-state index is 12.5. The predicted molar refractivity (Wildman–Crippen MR) is 61.7 cm³/mol. The summed E-state index contributed by atoms with van der Waals surface area (Å²) >= 11 is 0. The maximum Gasteiger partial charge on any atom is 0.391 e. The summed E-state index contributed by atoms with van der Waals surface area (Å²) < 4.78 is 37.5. The Morgan fingerprint density at radius 2 is 1.59 bits per heavy atom. The van der Waals surface area contributed by atoms with Crippen LogP contribution in [0.5, 0.6) is 0 Å². The molecule has 0 amide bonds. The van der Waals surface area contributed by atoms with Gasteiger partial charge in [0.1, 0.15) is 0 Å². The van der Waals surface area contributed by atoms with Gasteiger partial charge in [0.05, 0.1) is 5.92 Å². The van der Waals surface area contributed by atoms with E-state index in [2.05, 4.69) is 17.5 Å². The van der Waals surface area contributed by atoms with Gasteiger partial charge >= 0.3 is 6.18 Å². The Hall–Kier alpha value is -0.510. The second kappa shape index (κ2) is 5.42. The minimum absolute atomic E-state index is 0.295. The fraction of sp³-hybridized carbons (Fsp3) is 0.846. The van der Waals surface area contributed by atoms with E-state index >= 15 is 0 Å². The summed E-state index contributed by atoms with van der Waals surface area (Å²) in [6, 6.07) is 0.775. The molecule has 0 aromatic heterocycles. The summed E-state index contributed by atoms with van der Waals surface area (Å²) in [5, 5.41) is 3.51. The molecule has 1 N–H and O–H groups in total. The first kappa shape index (κ1) is 12.9. The van der Waals surface area contributed by atoms with Crippen LogP contribution in [0.1, 0.15) is 44.9 Å². The average molecular weight is 247 g/mol. The molecule has 0 spiro atoms. The Labute approximate surface area is 100 Å². The summed E-state index contributed by atoms with van der Waals surface area (Å²) in [5.74, 6) is -1.06. The highest BCUT2D eigenvalue weighted by molar-refractivity contribution is 4.94. The molecule has 2 aliphatic carbocycles. The molecular weight excluding hydrogens is 227 g/mol. The Bertz CT molecular complexity index is 264. The molecule has 98 valence electrons. The number of hydrogen-bond donors (Lipinski definition) is 1. The SMILES string of the molecule is FC(F)(F)C1CCC(NC2CC=CCC2)CC1. The minimum atomic E-state index is -3.99. The molecule has 0 radical (unpaired) electrons. The first-order valence-corrected chi connectivity index (χ1v) is 6.53. The highest BCUT2D eigenvalue weighted by Crippen LogP contribution is 2.37. The van der Waals surface area contributed by atoms with Gasteiger partial charge in [-0.1, -0.05) is 12.2 Å². The number of rotatable bonds is 2. The molecule has 1 nitrogen and oxygen atoms in total. The van der Waals surface area contributed by atoms with Gasteiger partial charge < -0.3 is 5.32 Å². The lowest BCUT2D eigenvalue weighted by molar-refractivity contribution is -0.182. The minimum Gasteiger partial charge on any atom is -0.311 e. The van der Waals surface area contributed by atoms with Crippen molar-refractivity contribution in [3.63, 3.8) is 0 Å². The molecule has 0 saturated heterocycles. The molecule has 2 aliphatic rings. The molecule has 1 atom stereocenters. The van der Waals surface area contributed by atoms with Gasteiger partial charge in [-0.05, 0) is 44.9 Å². The predicted octanol–water partition coefficient (Wildman–Crippen LogP) is 3.81. The van der Waals surface area contributed by atoms with Crippen molar-refractivity contribution < 1.29 is 13.2 Å². The number of halogens is 3. The van der Waals surface area contributed by atoms with Gasteiger partial charge in [0.25, 0.3) is 0 Å². The Morgan fingerprint density at radius 3 is 2.12 bits per heavy atom. The van der Waals surface area contributed by atoms with Crippen LogP contribution in [-0.4, -0.2) is 18.3 Å². The van der Waals surface area contributed by atoms with Crippen molar-refractivity contribution in [2.75, 3.05) is 0 Å². The highest BCUT2D eigenvalue weighted by atomic mass is 19.4. The van der Waals surface area contributed by atoms with Gasteiger partial charge in [-0.25, -0.2) is 0 Å². The van der Waals surface area contributed by atoms with E-state index in [9.17, 15) is 13.2 Å². The Kier molecular flexibility index (Phi) is 4.13. The molecule has 4 heteroatoms. The molecule has 0 bridgehead atoms. The van der Waals surface area contributed by atoms with Crippen molar-refractivity contribution in [3.8, 4) is 0 Å². The molecule has 1 fully saturated rings. The van der Waals surface area contributed by atoms with Crippen molar-refractivity contribution in [2.24, 2.45) is 5.92 Å². The van der Waals surface area contributed by atoms with Crippen LogP contribution >= 0.6 is 0 Å². The van der Waals surface area contributed by atoms with Crippen molar-refractivity contribution in [1.82, 2.24) is 5.32 Å². The lowest BCUT2D eigenvalue weighted by atomic mass is 9.85. The molecule has 0 aromatic rings. The van der Waals surface area contributed by atoms with Crippen molar-refractivity contribution in [2.45, 2.75) is 63.2 Å². The lowest BCUT2D eigenvalue weighted by Crippen LogP contribution is -2.42. The van der Waals surface area contributed by atoms with E-state index in [0.717, 1.165) is 19.3 Å². The zero-order chi connectivity index (χ0) is 12.3. The molecule has 0 aliphatic heterocycles. The molecule has 17 heavy (non-hydrogen) atoms. The molecule has 0 heterocycles. The van der Waals surface area contributed by atoms with Crippen LogP contribution in [0.3, 0.4) is 0 Å². The molecular formula is C13H20F3N. The van der Waals surface area contributed by atoms with Gasteiger partial charge in [-0.15, -0.1) is 0 Å². The van der Waals surface area contributed by atoms with Gasteiger partial charge in [0.15, 0.2) is 0 Å². The normalized spacial score (nSPS) is 34.9. The van der Waals surface area contributed by atoms with Gasteiger partial charge in [0.2, 0.25) is 0 Å². The van der Waals surface area contributed by atoms with E-state index in [1.54, 1.807) is 0 Å². The average Bonchev–Trinajstić information content (AvgIpc) is 2.30. The second-order valence-electron chi connectivity index (χ2n) is 5.24. The molecule has 0 aromatic carbocycles. The van der Waals surface area contributed by atoms with Crippen LogP contribution in [0.25, 0.3) is 0 Å². The Balaban J connectivity index is 1.73. The van der Waals surface area contributed by atoms with Crippen molar-refractivity contribution in [3.05, 3.63) is 12.2 Å². The Morgan fingerprint density at radius 1 is 0.882 bits per heavy atom. The zero-order valence-electron chi connectivity index (χ0n) is 9.97. The highest BCUT2D eigenvalue weighted by Gasteiger charge is 2.41. The quantitative estimate of drug-likeness (QED) is 0.732. The molecule has 1 unspecified atom stereocenters. The zero-order valence-corrected chi connectivity index (χ0v) is 9.97. The van der Waals surface area contributed by atoms with Gasteiger partial charge in [-0.2, -0.15) is 13.2 Å². The summed E-state index contributed by atoms with van der Waals surface area (Å²) in [6.07, 6.45) is 5.53. The third-order valence-electron chi connectivity index (χ3n) is 3.93.